The maximum Gasteiger partial charge on any atom is 0.317 e. The minimum Gasteiger partial charge on any atom is -0.480 e. The average molecular weight is 353 g/mol. The first-order valence-corrected chi connectivity index (χ1v) is 9.37. The monoisotopic (exact) mass is 352 g/mol. The second kappa shape index (κ2) is 8.64. The van der Waals surface area contributed by atoms with Crippen LogP contribution in [0.15, 0.2) is 41.2 Å². The van der Waals surface area contributed by atoms with Crippen LogP contribution in [0.5, 0.6) is 0 Å². The fourth-order valence-corrected chi connectivity index (χ4v) is 4.33. The van der Waals surface area contributed by atoms with Crippen LogP contribution in [0, 0.1) is 11.8 Å². The van der Waals surface area contributed by atoms with E-state index < -0.39 is 11.2 Å². The lowest BCUT2D eigenvalue weighted by atomic mass is 10.0. The van der Waals surface area contributed by atoms with Crippen LogP contribution >= 0.6 is 24.4 Å². The third kappa shape index (κ3) is 4.91. The van der Waals surface area contributed by atoms with Gasteiger partial charge in [-0.25, -0.2) is 0 Å². The number of rotatable bonds is 7. The summed E-state index contributed by atoms with van der Waals surface area (Å²) in [7, 11) is 0. The molecule has 6 heteroatoms. The molecule has 2 rings (SSSR count). The molecule has 1 aliphatic carbocycles. The van der Waals surface area contributed by atoms with Gasteiger partial charge in [-0.05, 0) is 43.8 Å². The van der Waals surface area contributed by atoms with E-state index >= 15 is 0 Å². The van der Waals surface area contributed by atoms with E-state index in [0.29, 0.717) is 18.3 Å². The van der Waals surface area contributed by atoms with E-state index in [-0.39, 0.29) is 0 Å². The number of hydrogen-bond acceptors (Lipinski definition) is 5. The molecule has 1 saturated heterocycles. The molecule has 1 heterocycles. The number of aliphatic imine (C=N–C) groups is 1. The molecule has 2 aliphatic rings. The molecule has 0 aromatic rings. The molecule has 1 aliphatic heterocycles. The molecule has 0 aromatic heterocycles. The summed E-state index contributed by atoms with van der Waals surface area (Å²) in [5, 5.41) is 13.0. The van der Waals surface area contributed by atoms with E-state index in [0.717, 1.165) is 35.0 Å². The summed E-state index contributed by atoms with van der Waals surface area (Å²) < 4.78 is 0. The largest absolute Gasteiger partial charge is 0.480 e. The van der Waals surface area contributed by atoms with Crippen molar-refractivity contribution in [2.45, 2.75) is 31.4 Å². The number of nitrogens with one attached hydrogen (secondary N) is 1. The van der Waals surface area contributed by atoms with Gasteiger partial charge in [0, 0.05) is 24.0 Å². The molecular weight excluding hydrogens is 328 g/mol. The Bertz CT molecular complexity index is 555. The zero-order valence-electron chi connectivity index (χ0n) is 13.4. The molecule has 0 saturated carbocycles. The minimum absolute atomic E-state index is 0.450. The first kappa shape index (κ1) is 18.2. The number of carbonyl (C=O) groups is 1. The zero-order valence-corrected chi connectivity index (χ0v) is 15.1. The van der Waals surface area contributed by atoms with Gasteiger partial charge in [0.2, 0.25) is 0 Å². The topological polar surface area (TPSA) is 61.7 Å². The van der Waals surface area contributed by atoms with Gasteiger partial charge in [-0.15, -0.1) is 0 Å². The van der Waals surface area contributed by atoms with Crippen LogP contribution in [0.4, 0.5) is 0 Å². The van der Waals surface area contributed by atoms with Crippen LogP contribution in [0.3, 0.4) is 0 Å². The number of allylic oxidation sites excluding steroid dienone is 3. The molecule has 0 aromatic carbocycles. The molecule has 0 radical (unpaired) electrons. The number of carboxylic acid groups (broad SMARTS) is 1. The lowest BCUT2D eigenvalue weighted by Crippen LogP contribution is -2.18. The Morgan fingerprint density at radius 2 is 2.30 bits per heavy atom. The van der Waals surface area contributed by atoms with Crippen LogP contribution in [0.2, 0.25) is 0 Å². The molecule has 126 valence electrons. The fraction of sp³-hybridized carbons (Fsp3) is 0.529. The molecule has 0 spiro atoms. The minimum atomic E-state index is -0.788. The van der Waals surface area contributed by atoms with Gasteiger partial charge in [0.25, 0.3) is 0 Å². The highest BCUT2D eigenvalue weighted by atomic mass is 32.2. The number of thioether (sulfide) groups is 1. The number of carboxylic acids is 1. The summed E-state index contributed by atoms with van der Waals surface area (Å²) in [4.78, 5) is 15.4. The van der Waals surface area contributed by atoms with Crippen LogP contribution in [-0.2, 0) is 4.79 Å². The third-order valence-electron chi connectivity index (χ3n) is 4.24. The van der Waals surface area contributed by atoms with Crippen molar-refractivity contribution in [1.82, 2.24) is 5.32 Å². The van der Waals surface area contributed by atoms with Crippen molar-refractivity contribution in [2.24, 2.45) is 16.8 Å². The first-order valence-electron chi connectivity index (χ1n) is 7.86. The standard InChI is InChI=1S/C17H24N2O2S2/c1-3-18-16-14(9-15(23-16)17(20)21)11(2)19-7-6-12-4-5-13(8-12)10-22/h3-5,12-13,15,19,22H,1,6-10H2,2H3,(H,20,21)/b14-11+,18-16?. The fourth-order valence-electron chi connectivity index (χ4n) is 2.92. The predicted molar refractivity (Wildman–Crippen MR) is 101 cm³/mol. The van der Waals surface area contributed by atoms with E-state index in [1.165, 1.54) is 24.4 Å². The van der Waals surface area contributed by atoms with Crippen molar-refractivity contribution < 1.29 is 9.90 Å². The van der Waals surface area contributed by atoms with Crippen LogP contribution < -0.4 is 5.32 Å². The van der Waals surface area contributed by atoms with E-state index in [1.54, 1.807) is 0 Å². The third-order valence-corrected chi connectivity index (χ3v) is 5.94. The summed E-state index contributed by atoms with van der Waals surface area (Å²) >= 11 is 5.65. The highest BCUT2D eigenvalue weighted by Gasteiger charge is 2.32. The van der Waals surface area contributed by atoms with Gasteiger partial charge < -0.3 is 10.4 Å². The van der Waals surface area contributed by atoms with Gasteiger partial charge in [-0.2, -0.15) is 12.6 Å². The van der Waals surface area contributed by atoms with Crippen molar-refractivity contribution in [3.05, 3.63) is 36.2 Å². The molecule has 3 unspecified atom stereocenters. The van der Waals surface area contributed by atoms with Gasteiger partial charge in [0.05, 0.1) is 0 Å². The second-order valence-corrected chi connectivity index (χ2v) is 7.46. The summed E-state index contributed by atoms with van der Waals surface area (Å²) in [6.45, 7) is 6.49. The molecule has 0 amide bonds. The summed E-state index contributed by atoms with van der Waals surface area (Å²) in [5.41, 5.74) is 2.02. The maximum atomic E-state index is 11.2. The highest BCUT2D eigenvalue weighted by Crippen LogP contribution is 2.35. The normalized spacial score (nSPS) is 30.7. The van der Waals surface area contributed by atoms with E-state index in [4.69, 9.17) is 0 Å². The molecule has 4 nitrogen and oxygen atoms in total. The average Bonchev–Trinajstić information content (AvgIpc) is 3.14. The van der Waals surface area contributed by atoms with Gasteiger partial charge in [-0.3, -0.25) is 9.79 Å². The van der Waals surface area contributed by atoms with Crippen LogP contribution in [0.25, 0.3) is 0 Å². The quantitative estimate of drug-likeness (QED) is 0.485. The van der Waals surface area contributed by atoms with Crippen LogP contribution in [0.1, 0.15) is 26.2 Å². The Morgan fingerprint density at radius 1 is 1.57 bits per heavy atom. The van der Waals surface area contributed by atoms with Crippen molar-refractivity contribution >= 4 is 35.4 Å². The van der Waals surface area contributed by atoms with Gasteiger partial charge in [-0.1, -0.05) is 30.5 Å². The predicted octanol–water partition coefficient (Wildman–Crippen LogP) is 3.49. The number of thiol groups is 1. The Hall–Kier alpha value is -1.14. The van der Waals surface area contributed by atoms with E-state index in [9.17, 15) is 9.90 Å². The molecule has 0 bridgehead atoms. The van der Waals surface area contributed by atoms with E-state index in [1.807, 2.05) is 6.92 Å². The number of nitrogens with zero attached hydrogens (tertiary/aromatic N) is 1. The highest BCUT2D eigenvalue weighted by molar-refractivity contribution is 8.16. The molecule has 1 fully saturated rings. The maximum absolute atomic E-state index is 11.2. The SMILES string of the molecule is C=CN=C1SC(C(=O)O)C/C1=C(/C)NCCC1C=CC(CS)C1. The first-order chi connectivity index (χ1) is 11.0. The molecular formula is C17H24N2O2S2. The van der Waals surface area contributed by atoms with Crippen molar-refractivity contribution in [1.29, 1.82) is 0 Å². The van der Waals surface area contributed by atoms with Gasteiger partial charge in [0.1, 0.15) is 10.3 Å². The summed E-state index contributed by atoms with van der Waals surface area (Å²) in [6.07, 6.45) is 8.80. The zero-order chi connectivity index (χ0) is 16.8. The number of hydrogen-bond donors (Lipinski definition) is 3. The number of aliphatic carboxylic acids is 1. The molecule has 3 atom stereocenters. The molecule has 23 heavy (non-hydrogen) atoms. The van der Waals surface area contributed by atoms with Gasteiger partial charge >= 0.3 is 5.97 Å². The molecule has 2 N–H and O–H groups in total. The lowest BCUT2D eigenvalue weighted by molar-refractivity contribution is -0.136. The second-order valence-electron chi connectivity index (χ2n) is 5.91. The smallest absolute Gasteiger partial charge is 0.317 e. The summed E-state index contributed by atoms with van der Waals surface area (Å²) in [6, 6.07) is 0. The van der Waals surface area contributed by atoms with Crippen LogP contribution in [-0.4, -0.2) is 33.7 Å². The Labute approximate surface area is 147 Å². The Balaban J connectivity index is 1.92. The lowest BCUT2D eigenvalue weighted by Gasteiger charge is -2.13. The Morgan fingerprint density at radius 3 is 2.91 bits per heavy atom. The summed E-state index contributed by atoms with van der Waals surface area (Å²) in [5.74, 6) is 1.35. The van der Waals surface area contributed by atoms with Crippen molar-refractivity contribution in [3.8, 4) is 0 Å². The Kier molecular flexibility index (Phi) is 6.84. The van der Waals surface area contributed by atoms with E-state index in [2.05, 4.69) is 41.7 Å². The van der Waals surface area contributed by atoms with Gasteiger partial charge in [0.15, 0.2) is 0 Å². The van der Waals surface area contributed by atoms with Crippen molar-refractivity contribution in [2.75, 3.05) is 12.3 Å². The van der Waals surface area contributed by atoms with Crippen molar-refractivity contribution in [3.63, 3.8) is 0 Å².